The summed E-state index contributed by atoms with van der Waals surface area (Å²) in [5, 5.41) is 9.52. The summed E-state index contributed by atoms with van der Waals surface area (Å²) in [5.41, 5.74) is 2.75. The van der Waals surface area contributed by atoms with Crippen LogP contribution in [0, 0.1) is 11.8 Å². The summed E-state index contributed by atoms with van der Waals surface area (Å²) < 4.78 is 0. The highest BCUT2D eigenvalue weighted by Gasteiger charge is 2.24. The van der Waals surface area contributed by atoms with Crippen LogP contribution in [0.4, 0.5) is 0 Å². The number of hydrogen-bond acceptors (Lipinski definition) is 1. The summed E-state index contributed by atoms with van der Waals surface area (Å²) >= 11 is 0. The molecule has 1 aliphatic carbocycles. The minimum atomic E-state index is -0.152. The molecule has 0 aromatic rings. The van der Waals surface area contributed by atoms with Crippen molar-refractivity contribution in [2.45, 2.75) is 32.3 Å². The zero-order valence-corrected chi connectivity index (χ0v) is 7.09. The van der Waals surface area contributed by atoms with E-state index in [0.29, 0.717) is 5.92 Å². The third kappa shape index (κ3) is 2.21. The Bertz CT molecular complexity index is 168. The molecule has 1 fully saturated rings. The third-order valence-electron chi connectivity index (χ3n) is 2.46. The van der Waals surface area contributed by atoms with Crippen molar-refractivity contribution in [1.82, 2.24) is 0 Å². The fraction of sp³-hybridized carbons (Fsp3) is 0.700. The average Bonchev–Trinajstić information content (AvgIpc) is 1.98. The first-order valence-corrected chi connectivity index (χ1v) is 4.28. The van der Waals surface area contributed by atoms with E-state index in [4.69, 9.17) is 0 Å². The van der Waals surface area contributed by atoms with Crippen LogP contribution in [0.25, 0.3) is 0 Å². The van der Waals surface area contributed by atoms with Crippen LogP contribution >= 0.6 is 0 Å². The summed E-state index contributed by atoms with van der Waals surface area (Å²) in [6, 6.07) is 0. The highest BCUT2D eigenvalue weighted by molar-refractivity contribution is 4.92. The van der Waals surface area contributed by atoms with Gasteiger partial charge in [-0.2, -0.15) is 0 Å². The lowest BCUT2D eigenvalue weighted by molar-refractivity contribution is 0.0746. The fourth-order valence-electron chi connectivity index (χ4n) is 1.74. The Morgan fingerprint density at radius 2 is 2.27 bits per heavy atom. The van der Waals surface area contributed by atoms with E-state index < -0.39 is 0 Å². The quantitative estimate of drug-likeness (QED) is 0.571. The Morgan fingerprint density at radius 3 is 2.91 bits per heavy atom. The number of aliphatic hydroxyl groups excluding tert-OH is 1. The summed E-state index contributed by atoms with van der Waals surface area (Å²) in [6.45, 7) is 5.75. The van der Waals surface area contributed by atoms with Crippen molar-refractivity contribution in [3.05, 3.63) is 18.4 Å². The van der Waals surface area contributed by atoms with Crippen LogP contribution in [0.5, 0.6) is 0 Å². The van der Waals surface area contributed by atoms with Gasteiger partial charge in [0.1, 0.15) is 0 Å². The van der Waals surface area contributed by atoms with Gasteiger partial charge in [-0.15, -0.1) is 5.73 Å². The second-order valence-corrected chi connectivity index (χ2v) is 3.52. The van der Waals surface area contributed by atoms with Crippen LogP contribution in [0.15, 0.2) is 18.4 Å². The fourth-order valence-corrected chi connectivity index (χ4v) is 1.74. The Hall–Kier alpha value is -0.520. The van der Waals surface area contributed by atoms with E-state index in [1.807, 2.05) is 6.08 Å². The third-order valence-corrected chi connectivity index (χ3v) is 2.46. The molecular formula is C10H16O. The molecule has 0 spiro atoms. The van der Waals surface area contributed by atoms with Gasteiger partial charge in [0.15, 0.2) is 0 Å². The molecule has 0 bridgehead atoms. The lowest BCUT2D eigenvalue weighted by atomic mass is 9.80. The molecule has 1 heteroatoms. The van der Waals surface area contributed by atoms with E-state index >= 15 is 0 Å². The van der Waals surface area contributed by atoms with E-state index in [0.717, 1.165) is 25.2 Å². The van der Waals surface area contributed by atoms with Crippen molar-refractivity contribution < 1.29 is 5.11 Å². The molecule has 0 aliphatic heterocycles. The molecule has 0 saturated heterocycles. The maximum Gasteiger partial charge on any atom is 0.0609 e. The molecule has 62 valence electrons. The van der Waals surface area contributed by atoms with Gasteiger partial charge >= 0.3 is 0 Å². The smallest absolute Gasteiger partial charge is 0.0609 e. The molecule has 1 aliphatic rings. The van der Waals surface area contributed by atoms with Crippen molar-refractivity contribution in [3.8, 4) is 0 Å². The number of hydrogen-bond donors (Lipinski definition) is 1. The first-order chi connectivity index (χ1) is 5.24. The first-order valence-electron chi connectivity index (χ1n) is 4.28. The Morgan fingerprint density at radius 1 is 1.55 bits per heavy atom. The monoisotopic (exact) mass is 152 g/mol. The van der Waals surface area contributed by atoms with Gasteiger partial charge in [0.2, 0.25) is 0 Å². The van der Waals surface area contributed by atoms with E-state index in [2.05, 4.69) is 19.2 Å². The minimum absolute atomic E-state index is 0.152. The molecule has 0 aromatic heterocycles. The van der Waals surface area contributed by atoms with Crippen molar-refractivity contribution in [3.63, 3.8) is 0 Å². The molecular weight excluding hydrogens is 136 g/mol. The molecule has 0 radical (unpaired) electrons. The maximum atomic E-state index is 9.52. The van der Waals surface area contributed by atoms with Crippen molar-refractivity contribution in [1.29, 1.82) is 0 Å². The van der Waals surface area contributed by atoms with Crippen LogP contribution in [-0.4, -0.2) is 11.2 Å². The molecule has 1 rings (SSSR count). The second kappa shape index (κ2) is 3.75. The molecule has 0 amide bonds. The predicted octanol–water partition coefficient (Wildman–Crippen LogP) is 2.12. The Labute approximate surface area is 68.4 Å². The zero-order chi connectivity index (χ0) is 8.27. The number of aliphatic hydroxyl groups is 1. The first kappa shape index (κ1) is 8.58. The van der Waals surface area contributed by atoms with Gasteiger partial charge in [-0.05, 0) is 31.3 Å². The maximum absolute atomic E-state index is 9.52. The second-order valence-electron chi connectivity index (χ2n) is 3.52. The number of rotatable bonds is 1. The lowest BCUT2D eigenvalue weighted by Gasteiger charge is -2.28. The SMILES string of the molecule is C=C=CC1CC(C)CCC1O. The van der Waals surface area contributed by atoms with Crippen LogP contribution in [-0.2, 0) is 0 Å². The summed E-state index contributed by atoms with van der Waals surface area (Å²) in [5.74, 6) is 1.05. The summed E-state index contributed by atoms with van der Waals surface area (Å²) in [6.07, 6.45) is 4.93. The van der Waals surface area contributed by atoms with Crippen LogP contribution in [0.2, 0.25) is 0 Å². The molecule has 3 unspecified atom stereocenters. The normalized spacial score (nSPS) is 37.8. The van der Waals surface area contributed by atoms with Crippen LogP contribution < -0.4 is 0 Å². The zero-order valence-electron chi connectivity index (χ0n) is 7.09. The predicted molar refractivity (Wildman–Crippen MR) is 46.2 cm³/mol. The van der Waals surface area contributed by atoms with Crippen LogP contribution in [0.3, 0.4) is 0 Å². The van der Waals surface area contributed by atoms with E-state index in [1.54, 1.807) is 0 Å². The molecule has 1 N–H and O–H groups in total. The lowest BCUT2D eigenvalue weighted by Crippen LogP contribution is -2.26. The van der Waals surface area contributed by atoms with E-state index in [9.17, 15) is 5.11 Å². The summed E-state index contributed by atoms with van der Waals surface area (Å²) in [4.78, 5) is 0. The van der Waals surface area contributed by atoms with E-state index in [-0.39, 0.29) is 6.10 Å². The van der Waals surface area contributed by atoms with Gasteiger partial charge < -0.3 is 5.11 Å². The van der Waals surface area contributed by atoms with Gasteiger partial charge in [-0.25, -0.2) is 0 Å². The standard InChI is InChI=1S/C10H16O/c1-3-4-9-7-8(2)5-6-10(9)11/h4,8-11H,1,5-7H2,2H3. The van der Waals surface area contributed by atoms with Gasteiger partial charge in [-0.1, -0.05) is 13.5 Å². The molecule has 3 atom stereocenters. The van der Waals surface area contributed by atoms with Crippen molar-refractivity contribution in [2.24, 2.45) is 11.8 Å². The Kier molecular flexibility index (Phi) is 2.92. The molecule has 0 aromatic carbocycles. The molecule has 0 heterocycles. The highest BCUT2D eigenvalue weighted by Crippen LogP contribution is 2.29. The molecule has 1 saturated carbocycles. The topological polar surface area (TPSA) is 20.2 Å². The molecule has 1 nitrogen and oxygen atoms in total. The minimum Gasteiger partial charge on any atom is -0.392 e. The highest BCUT2D eigenvalue weighted by atomic mass is 16.3. The Balaban J connectivity index is 2.53. The van der Waals surface area contributed by atoms with Crippen molar-refractivity contribution in [2.75, 3.05) is 0 Å². The van der Waals surface area contributed by atoms with Gasteiger partial charge in [0, 0.05) is 5.92 Å². The van der Waals surface area contributed by atoms with Gasteiger partial charge in [0.25, 0.3) is 0 Å². The van der Waals surface area contributed by atoms with Crippen LogP contribution in [0.1, 0.15) is 26.2 Å². The van der Waals surface area contributed by atoms with Crippen molar-refractivity contribution >= 4 is 0 Å². The van der Waals surface area contributed by atoms with Gasteiger partial charge in [0.05, 0.1) is 6.10 Å². The molecule has 11 heavy (non-hydrogen) atoms. The largest absolute Gasteiger partial charge is 0.392 e. The van der Waals surface area contributed by atoms with Gasteiger partial charge in [-0.3, -0.25) is 0 Å². The summed E-state index contributed by atoms with van der Waals surface area (Å²) in [7, 11) is 0. The average molecular weight is 152 g/mol. The van der Waals surface area contributed by atoms with E-state index in [1.165, 1.54) is 0 Å².